The lowest BCUT2D eigenvalue weighted by molar-refractivity contribution is -0.136. The van der Waals surface area contributed by atoms with Crippen LogP contribution in [0.1, 0.15) is 80.4 Å². The first-order valence-corrected chi connectivity index (χ1v) is 17.9. The van der Waals surface area contributed by atoms with E-state index in [-0.39, 0.29) is 34.8 Å². The van der Waals surface area contributed by atoms with Crippen molar-refractivity contribution in [3.8, 4) is 5.75 Å². The van der Waals surface area contributed by atoms with Crippen molar-refractivity contribution in [1.29, 1.82) is 0 Å². The molecule has 7 nitrogen and oxygen atoms in total. The van der Waals surface area contributed by atoms with Crippen molar-refractivity contribution in [1.82, 2.24) is 14.4 Å². The molecular formula is C40H44N4O3. The van der Waals surface area contributed by atoms with Crippen LogP contribution in [0.15, 0.2) is 71.5 Å². The number of anilines is 1. The Morgan fingerprint density at radius 2 is 2.00 bits per heavy atom. The first-order chi connectivity index (χ1) is 22.9. The average molecular weight is 629 g/mol. The molecule has 1 spiro atoms. The lowest BCUT2D eigenvalue weighted by atomic mass is 9.60. The van der Waals surface area contributed by atoms with Gasteiger partial charge in [-0.05, 0) is 61.8 Å². The van der Waals surface area contributed by atoms with Crippen LogP contribution in [0.2, 0.25) is 0 Å². The van der Waals surface area contributed by atoms with Gasteiger partial charge in [0.1, 0.15) is 5.75 Å². The molecule has 0 bridgehead atoms. The van der Waals surface area contributed by atoms with E-state index in [2.05, 4.69) is 82.1 Å². The molecule has 0 amide bonds. The molecule has 0 radical (unpaired) electrons. The number of nitrogens with one attached hydrogen (secondary N) is 1. The summed E-state index contributed by atoms with van der Waals surface area (Å²) in [6.45, 7) is 8.64. The summed E-state index contributed by atoms with van der Waals surface area (Å²) in [7, 11) is 1.50. The molecule has 1 saturated heterocycles. The highest BCUT2D eigenvalue weighted by molar-refractivity contribution is 5.93. The van der Waals surface area contributed by atoms with Crippen LogP contribution < -0.4 is 5.32 Å². The van der Waals surface area contributed by atoms with E-state index in [4.69, 9.17) is 4.74 Å². The van der Waals surface area contributed by atoms with Gasteiger partial charge < -0.3 is 19.7 Å². The molecular weight excluding hydrogens is 584 g/mol. The van der Waals surface area contributed by atoms with Crippen molar-refractivity contribution < 1.29 is 14.6 Å². The zero-order chi connectivity index (χ0) is 31.8. The van der Waals surface area contributed by atoms with Crippen molar-refractivity contribution in [2.75, 3.05) is 38.6 Å². The molecule has 47 heavy (non-hydrogen) atoms. The van der Waals surface area contributed by atoms with E-state index in [9.17, 15) is 9.90 Å². The third kappa shape index (κ3) is 3.37. The van der Waals surface area contributed by atoms with E-state index in [0.29, 0.717) is 18.2 Å². The lowest BCUT2D eigenvalue weighted by Gasteiger charge is -2.54. The minimum absolute atomic E-state index is 0.00213. The predicted molar refractivity (Wildman–Crippen MR) is 183 cm³/mol. The molecule has 7 heterocycles. The van der Waals surface area contributed by atoms with Crippen LogP contribution in [0.3, 0.4) is 0 Å². The number of hydrogen-bond donors (Lipinski definition) is 2. The van der Waals surface area contributed by atoms with Crippen LogP contribution in [0.5, 0.6) is 5.75 Å². The predicted octanol–water partition coefficient (Wildman–Crippen LogP) is 6.74. The van der Waals surface area contributed by atoms with Crippen LogP contribution in [0.25, 0.3) is 10.9 Å². The van der Waals surface area contributed by atoms with Gasteiger partial charge in [0.15, 0.2) is 0 Å². The van der Waals surface area contributed by atoms with Gasteiger partial charge in [0, 0.05) is 83.2 Å². The minimum atomic E-state index is -0.335. The zero-order valence-corrected chi connectivity index (χ0v) is 27.7. The average Bonchev–Trinajstić information content (AvgIpc) is 3.77. The normalized spacial score (nSPS) is 33.2. The molecule has 7 heteroatoms. The monoisotopic (exact) mass is 628 g/mol. The molecule has 7 aliphatic rings. The second-order valence-corrected chi connectivity index (χ2v) is 15.1. The number of methoxy groups -OCH3 is 1. The van der Waals surface area contributed by atoms with Gasteiger partial charge in [-0.3, -0.25) is 9.80 Å². The number of ether oxygens (including phenoxy) is 1. The maximum Gasteiger partial charge on any atom is 0.335 e. The molecule has 1 aromatic heterocycles. The minimum Gasteiger partial charge on any atom is -0.508 e. The highest BCUT2D eigenvalue weighted by atomic mass is 16.5. The van der Waals surface area contributed by atoms with E-state index in [0.717, 1.165) is 80.8 Å². The number of phenolic OH excluding ortho intramolecular Hbond substituents is 1. The molecule has 0 unspecified atom stereocenters. The van der Waals surface area contributed by atoms with Gasteiger partial charge in [-0.15, -0.1) is 0 Å². The summed E-state index contributed by atoms with van der Waals surface area (Å²) in [5, 5.41) is 17.2. The fraction of sp³-hybridized carbons (Fsp3) is 0.475. The van der Waals surface area contributed by atoms with E-state index in [1.807, 2.05) is 6.07 Å². The number of aromatic hydroxyl groups is 1. The van der Waals surface area contributed by atoms with E-state index >= 15 is 0 Å². The first-order valence-electron chi connectivity index (χ1n) is 17.9. The number of rotatable bonds is 4. The van der Waals surface area contributed by atoms with Gasteiger partial charge in [0.05, 0.1) is 30.2 Å². The number of para-hydroxylation sites is 1. The highest BCUT2D eigenvalue weighted by Crippen LogP contribution is 2.64. The molecule has 2 aromatic carbocycles. The fourth-order valence-electron chi connectivity index (χ4n) is 11.7. The fourth-order valence-corrected chi connectivity index (χ4v) is 11.7. The molecule has 10 rings (SSSR count). The second-order valence-electron chi connectivity index (χ2n) is 15.1. The molecule has 0 saturated carbocycles. The van der Waals surface area contributed by atoms with Gasteiger partial charge in [0.25, 0.3) is 0 Å². The standard InChI is InChI=1S/C40H44N4O3/c1-4-23-11-16-43-18-14-40-29-20-27(33(45)21-30(29)41-35(40)28(38(46)47-3)19-26(23)36(40)43)32-22-39(5-2)13-8-15-42-17-12-25-24-9-6-7-10-31(24)44(32)34(25)37(39)42/h6-11,13,20-21,26,32,36-37,41,45H,4-5,12,14-19,22H2,1-3H3/t26-,32-,36+,37+,39-,40+/m1/s1. The second kappa shape index (κ2) is 9.64. The molecule has 242 valence electrons. The maximum absolute atomic E-state index is 13.5. The Morgan fingerprint density at radius 3 is 2.83 bits per heavy atom. The molecule has 6 atom stereocenters. The number of esters is 1. The molecule has 1 fully saturated rings. The molecule has 1 aliphatic carbocycles. The van der Waals surface area contributed by atoms with Crippen LogP contribution in [0, 0.1) is 11.3 Å². The third-order valence-electron chi connectivity index (χ3n) is 13.6. The number of fused-ring (bicyclic) bond motifs is 4. The Hall–Kier alpha value is -3.81. The summed E-state index contributed by atoms with van der Waals surface area (Å²) < 4.78 is 8.05. The molecule has 3 aromatic rings. The Kier molecular flexibility index (Phi) is 5.79. The van der Waals surface area contributed by atoms with Crippen molar-refractivity contribution in [3.05, 3.63) is 93.9 Å². The number of benzene rings is 2. The Balaban J connectivity index is 1.22. The van der Waals surface area contributed by atoms with Crippen molar-refractivity contribution >= 4 is 22.6 Å². The SMILES string of the molecule is CCC1=CCN2CC[C@]34C(=C(C(=O)OC)C[C@H]1[C@H]23)Nc1cc(O)c([C@H]2C[C@@]3(CC)C=CCN5CCc6c(n2c2ccccc62)[C@H]53)cc14. The molecule has 2 N–H and O–H groups in total. The first kappa shape index (κ1) is 28.2. The highest BCUT2D eigenvalue weighted by Gasteiger charge is 2.62. The summed E-state index contributed by atoms with van der Waals surface area (Å²) in [5.74, 6) is 0.380. The van der Waals surface area contributed by atoms with Crippen LogP contribution in [-0.4, -0.2) is 64.8 Å². The topological polar surface area (TPSA) is 70.0 Å². The van der Waals surface area contributed by atoms with Gasteiger partial charge in [-0.2, -0.15) is 0 Å². The Labute approximate surface area is 276 Å². The van der Waals surface area contributed by atoms with Gasteiger partial charge in [0.2, 0.25) is 0 Å². The zero-order valence-electron chi connectivity index (χ0n) is 27.7. The van der Waals surface area contributed by atoms with Crippen molar-refractivity contribution in [2.45, 2.75) is 75.9 Å². The van der Waals surface area contributed by atoms with Gasteiger partial charge >= 0.3 is 5.97 Å². The quantitative estimate of drug-likeness (QED) is 0.247. The lowest BCUT2D eigenvalue weighted by Crippen LogP contribution is -2.53. The smallest absolute Gasteiger partial charge is 0.335 e. The largest absolute Gasteiger partial charge is 0.508 e. The number of aromatic nitrogens is 1. The number of phenols is 1. The Bertz CT molecular complexity index is 1990. The van der Waals surface area contributed by atoms with Gasteiger partial charge in [-0.25, -0.2) is 4.79 Å². The summed E-state index contributed by atoms with van der Waals surface area (Å²) in [4.78, 5) is 18.8. The third-order valence-corrected chi connectivity index (χ3v) is 13.6. The number of carbonyl (C=O) groups excluding carboxylic acids is 1. The summed E-state index contributed by atoms with van der Waals surface area (Å²) >= 11 is 0. The van der Waals surface area contributed by atoms with Gasteiger partial charge in [-0.1, -0.05) is 55.8 Å². The van der Waals surface area contributed by atoms with Crippen LogP contribution >= 0.6 is 0 Å². The van der Waals surface area contributed by atoms with E-state index < -0.39 is 0 Å². The summed E-state index contributed by atoms with van der Waals surface area (Å²) in [5.41, 5.74) is 10.3. The maximum atomic E-state index is 13.5. The summed E-state index contributed by atoms with van der Waals surface area (Å²) in [6, 6.07) is 13.9. The van der Waals surface area contributed by atoms with Crippen molar-refractivity contribution in [3.63, 3.8) is 0 Å². The van der Waals surface area contributed by atoms with Crippen LogP contribution in [-0.2, 0) is 21.4 Å². The van der Waals surface area contributed by atoms with Crippen molar-refractivity contribution in [2.24, 2.45) is 11.3 Å². The number of nitrogens with zero attached hydrogens (tertiary/aromatic N) is 3. The van der Waals surface area contributed by atoms with E-state index in [1.54, 1.807) is 0 Å². The summed E-state index contributed by atoms with van der Waals surface area (Å²) in [6.07, 6.45) is 13.0. The number of hydrogen-bond acceptors (Lipinski definition) is 6. The number of carbonyl (C=O) groups is 1. The van der Waals surface area contributed by atoms with Crippen LogP contribution in [0.4, 0.5) is 5.69 Å². The Morgan fingerprint density at radius 1 is 1.13 bits per heavy atom. The van der Waals surface area contributed by atoms with E-state index in [1.165, 1.54) is 40.4 Å². The molecule has 6 aliphatic heterocycles.